The maximum Gasteiger partial charge on any atom is 0.340 e. The minimum absolute atomic E-state index is 0.0883. The van der Waals surface area contributed by atoms with E-state index in [0.717, 1.165) is 33.1 Å². The Hall–Kier alpha value is -4.74. The fraction of sp³-hybridized carbons (Fsp3) is 0.318. The zero-order valence-electron chi connectivity index (χ0n) is 19.4. The molecule has 0 spiro atoms. The number of halogens is 3. The molecule has 15 heteroatoms. The molecule has 0 atom stereocenters. The number of methoxy groups -OCH3 is 2. The summed E-state index contributed by atoms with van der Waals surface area (Å²) in [6.07, 6.45) is 1.99. The first kappa shape index (κ1) is 28.5. The van der Waals surface area contributed by atoms with Crippen molar-refractivity contribution in [3.8, 4) is 6.07 Å². The number of nitro groups is 2. The number of esters is 2. The van der Waals surface area contributed by atoms with Crippen LogP contribution < -0.4 is 5.32 Å². The van der Waals surface area contributed by atoms with Gasteiger partial charge in [-0.3, -0.25) is 20.2 Å². The molecule has 2 aromatic rings. The molecule has 0 amide bonds. The molecule has 1 saturated carbocycles. The van der Waals surface area contributed by atoms with Gasteiger partial charge in [-0.2, -0.15) is 18.4 Å². The van der Waals surface area contributed by atoms with Gasteiger partial charge >= 0.3 is 23.3 Å². The third-order valence-corrected chi connectivity index (χ3v) is 5.35. The number of nitro benzene ring substituents is 2. The van der Waals surface area contributed by atoms with Gasteiger partial charge in [0.05, 0.1) is 41.3 Å². The molecule has 0 saturated heterocycles. The van der Waals surface area contributed by atoms with Crippen molar-refractivity contribution < 1.29 is 42.1 Å². The predicted octanol–water partition coefficient (Wildman–Crippen LogP) is 4.29. The number of rotatable bonds is 8. The first-order chi connectivity index (χ1) is 17.4. The summed E-state index contributed by atoms with van der Waals surface area (Å²) in [7, 11) is 2.17. The number of ether oxygens (including phenoxy) is 2. The fourth-order valence-corrected chi connectivity index (χ4v) is 3.17. The first-order valence-electron chi connectivity index (χ1n) is 10.3. The number of benzene rings is 2. The largest absolute Gasteiger partial charge is 0.465 e. The molecule has 0 radical (unpaired) electrons. The third kappa shape index (κ3) is 6.90. The molecule has 1 aliphatic carbocycles. The van der Waals surface area contributed by atoms with E-state index in [0.29, 0.717) is 25.1 Å². The highest BCUT2D eigenvalue weighted by atomic mass is 19.1. The first-order valence-corrected chi connectivity index (χ1v) is 10.3. The number of nitriles is 1. The van der Waals surface area contributed by atoms with Crippen LogP contribution in [0.25, 0.3) is 0 Å². The minimum Gasteiger partial charge on any atom is -0.465 e. The van der Waals surface area contributed by atoms with Gasteiger partial charge < -0.3 is 14.8 Å². The van der Waals surface area contributed by atoms with Crippen molar-refractivity contribution in [2.45, 2.75) is 19.3 Å². The van der Waals surface area contributed by atoms with Gasteiger partial charge in [0.1, 0.15) is 5.69 Å². The number of nitrogens with zero attached hydrogens (tertiary/aromatic N) is 3. The lowest BCUT2D eigenvalue weighted by Gasteiger charge is -2.14. The quantitative estimate of drug-likeness (QED) is 0.298. The summed E-state index contributed by atoms with van der Waals surface area (Å²) in [5.74, 6) is -5.70. The van der Waals surface area contributed by atoms with Crippen molar-refractivity contribution in [3.63, 3.8) is 0 Å². The average molecular weight is 524 g/mol. The molecule has 1 fully saturated rings. The van der Waals surface area contributed by atoms with E-state index in [9.17, 15) is 43.0 Å². The fourth-order valence-electron chi connectivity index (χ4n) is 3.17. The molecule has 12 nitrogen and oxygen atoms in total. The van der Waals surface area contributed by atoms with Gasteiger partial charge in [-0.15, -0.1) is 0 Å². The Kier molecular flexibility index (Phi) is 9.09. The van der Waals surface area contributed by atoms with E-state index in [1.165, 1.54) is 6.07 Å². The molecule has 3 rings (SSSR count). The second kappa shape index (κ2) is 11.8. The van der Waals surface area contributed by atoms with E-state index in [2.05, 4.69) is 20.9 Å². The van der Waals surface area contributed by atoms with E-state index < -0.39 is 56.2 Å². The maximum absolute atomic E-state index is 13.9. The maximum atomic E-state index is 13.9. The average Bonchev–Trinajstić information content (AvgIpc) is 3.60. The van der Waals surface area contributed by atoms with Crippen LogP contribution in [-0.4, -0.2) is 42.5 Å². The van der Waals surface area contributed by atoms with Crippen LogP contribution in [0.15, 0.2) is 24.3 Å². The lowest BCUT2D eigenvalue weighted by molar-refractivity contribution is -0.390. The Morgan fingerprint density at radius 3 is 1.76 bits per heavy atom. The van der Waals surface area contributed by atoms with Crippen molar-refractivity contribution >= 4 is 29.0 Å². The molecule has 2 aromatic carbocycles. The third-order valence-electron chi connectivity index (χ3n) is 5.35. The number of nitrogens with one attached hydrogen (secondary N) is 1. The Bertz CT molecular complexity index is 1270. The van der Waals surface area contributed by atoms with Crippen molar-refractivity contribution in [2.24, 2.45) is 5.41 Å². The topological polar surface area (TPSA) is 175 Å². The van der Waals surface area contributed by atoms with Crippen LogP contribution in [0.4, 0.5) is 30.2 Å². The van der Waals surface area contributed by atoms with Gasteiger partial charge in [0, 0.05) is 18.4 Å². The standard InChI is InChI=1S/C14H14FN3O4.C8H5F2NO4/c1-22-13(19)9-6-10(15)12(18(20)21)11(7-9)17-8-14(2-3-14)4-5-16;1-15-8(12)4-2-5(9)7(11(13)14)6(10)3-4/h6-7,17H,2-4,8H2,1H3;2-3H,1H3. The number of hydrogen-bond donors (Lipinski definition) is 1. The molecular weight excluding hydrogens is 505 g/mol. The Labute approximate surface area is 206 Å². The molecule has 0 unspecified atom stereocenters. The van der Waals surface area contributed by atoms with Crippen LogP contribution in [0.2, 0.25) is 0 Å². The summed E-state index contributed by atoms with van der Waals surface area (Å²) in [5, 5.41) is 32.8. The van der Waals surface area contributed by atoms with Crippen molar-refractivity contribution in [3.05, 3.63) is 73.1 Å². The number of carbonyl (C=O) groups is 2. The molecule has 0 bridgehead atoms. The van der Waals surface area contributed by atoms with Gasteiger partial charge in [-0.1, -0.05) is 0 Å². The summed E-state index contributed by atoms with van der Waals surface area (Å²) in [6.45, 7) is 0.311. The molecule has 0 aliphatic heterocycles. The van der Waals surface area contributed by atoms with Crippen molar-refractivity contribution in [1.29, 1.82) is 5.26 Å². The van der Waals surface area contributed by atoms with Crippen LogP contribution in [0.3, 0.4) is 0 Å². The Morgan fingerprint density at radius 1 is 0.946 bits per heavy atom. The van der Waals surface area contributed by atoms with Gasteiger partial charge in [0.15, 0.2) is 0 Å². The van der Waals surface area contributed by atoms with E-state index in [1.807, 2.05) is 0 Å². The molecule has 0 aromatic heterocycles. The smallest absolute Gasteiger partial charge is 0.340 e. The van der Waals surface area contributed by atoms with Crippen LogP contribution in [0.1, 0.15) is 40.0 Å². The van der Waals surface area contributed by atoms with Crippen LogP contribution in [-0.2, 0) is 9.47 Å². The Morgan fingerprint density at radius 2 is 1.38 bits per heavy atom. The number of hydrogen-bond acceptors (Lipinski definition) is 10. The van der Waals surface area contributed by atoms with E-state index in [4.69, 9.17) is 5.26 Å². The van der Waals surface area contributed by atoms with Crippen LogP contribution >= 0.6 is 0 Å². The normalized spacial score (nSPS) is 12.8. The van der Waals surface area contributed by atoms with E-state index in [-0.39, 0.29) is 16.7 Å². The van der Waals surface area contributed by atoms with Gasteiger partial charge in [0.2, 0.25) is 17.5 Å². The molecule has 1 N–H and O–H groups in total. The zero-order valence-corrected chi connectivity index (χ0v) is 19.4. The van der Waals surface area contributed by atoms with E-state index >= 15 is 0 Å². The van der Waals surface area contributed by atoms with Gasteiger partial charge in [-0.05, 0) is 37.1 Å². The van der Waals surface area contributed by atoms with Crippen molar-refractivity contribution in [2.75, 3.05) is 26.1 Å². The van der Waals surface area contributed by atoms with Crippen molar-refractivity contribution in [1.82, 2.24) is 0 Å². The highest BCUT2D eigenvalue weighted by Gasteiger charge is 2.42. The summed E-state index contributed by atoms with van der Waals surface area (Å²) in [6, 6.07) is 5.13. The highest BCUT2D eigenvalue weighted by molar-refractivity contribution is 5.91. The SMILES string of the molecule is COC(=O)c1cc(F)c([N+](=O)[O-])c(F)c1.COC(=O)c1cc(F)c([N+](=O)[O-])c(NCC2(CC#N)CC2)c1. The molecule has 0 heterocycles. The molecule has 1 aliphatic rings. The predicted molar refractivity (Wildman–Crippen MR) is 119 cm³/mol. The number of anilines is 1. The minimum atomic E-state index is -1.42. The summed E-state index contributed by atoms with van der Waals surface area (Å²) >= 11 is 0. The summed E-state index contributed by atoms with van der Waals surface area (Å²) in [5.41, 5.74) is -2.85. The lowest BCUT2D eigenvalue weighted by atomic mass is 10.0. The second-order valence-corrected chi connectivity index (χ2v) is 7.83. The lowest BCUT2D eigenvalue weighted by Crippen LogP contribution is -2.16. The van der Waals surface area contributed by atoms with Gasteiger partial charge in [-0.25, -0.2) is 9.59 Å². The van der Waals surface area contributed by atoms with Crippen LogP contribution in [0, 0.1) is 54.4 Å². The number of carbonyl (C=O) groups excluding carboxylic acids is 2. The Balaban J connectivity index is 0.000000281. The summed E-state index contributed by atoms with van der Waals surface area (Å²) < 4.78 is 48.5. The van der Waals surface area contributed by atoms with Crippen LogP contribution in [0.5, 0.6) is 0 Å². The molecule has 37 heavy (non-hydrogen) atoms. The van der Waals surface area contributed by atoms with E-state index in [1.54, 1.807) is 0 Å². The monoisotopic (exact) mass is 524 g/mol. The molecular formula is C22H19F3N4O8. The second-order valence-electron chi connectivity index (χ2n) is 7.83. The molecule has 196 valence electrons. The zero-order chi connectivity index (χ0) is 27.9. The highest BCUT2D eigenvalue weighted by Crippen LogP contribution is 2.48. The van der Waals surface area contributed by atoms with Gasteiger partial charge in [0.25, 0.3) is 0 Å². The summed E-state index contributed by atoms with van der Waals surface area (Å²) in [4.78, 5) is 41.5.